The van der Waals surface area contributed by atoms with Crippen molar-refractivity contribution < 1.29 is 0 Å². The summed E-state index contributed by atoms with van der Waals surface area (Å²) in [6.07, 6.45) is 8.87. The fourth-order valence-electron chi connectivity index (χ4n) is 12.5. The molecule has 3 nitrogen and oxygen atoms in total. The molecule has 11 aromatic rings. The van der Waals surface area contributed by atoms with Crippen LogP contribution < -0.4 is 0 Å². The Kier molecular flexibility index (Phi) is 9.72. The van der Waals surface area contributed by atoms with Gasteiger partial charge < -0.3 is 0 Å². The fraction of sp³-hybridized carbons (Fsp3) is 0.114. The molecule has 0 atom stereocenters. The van der Waals surface area contributed by atoms with Crippen molar-refractivity contribution in [3.05, 3.63) is 253 Å². The van der Waals surface area contributed by atoms with E-state index in [1.807, 2.05) is 0 Å². The van der Waals surface area contributed by atoms with Crippen molar-refractivity contribution in [1.29, 1.82) is 0 Å². The second kappa shape index (κ2) is 16.4. The lowest BCUT2D eigenvalue weighted by Crippen LogP contribution is -2.15. The Balaban J connectivity index is 0.993. The van der Waals surface area contributed by atoms with E-state index in [0.29, 0.717) is 0 Å². The van der Waals surface area contributed by atoms with Crippen LogP contribution in [-0.4, -0.2) is 14.5 Å². The van der Waals surface area contributed by atoms with E-state index in [9.17, 15) is 0 Å². The van der Waals surface area contributed by atoms with Gasteiger partial charge in [0.05, 0.1) is 22.6 Å². The normalized spacial score (nSPS) is 14.7. The zero-order chi connectivity index (χ0) is 49.0. The van der Waals surface area contributed by atoms with Crippen molar-refractivity contribution in [3.8, 4) is 84.0 Å². The summed E-state index contributed by atoms with van der Waals surface area (Å²) >= 11 is 0. The number of allylic oxidation sites excluding steroid dienone is 4. The molecule has 0 fully saturated rings. The number of pyridine rings is 1. The lowest BCUT2D eigenvalue weighted by molar-refractivity contribution is 0.660. The summed E-state index contributed by atoms with van der Waals surface area (Å²) in [5.41, 5.74) is 24.7. The Hall–Kier alpha value is -8.66. The topological polar surface area (TPSA) is 30.7 Å². The third-order valence-electron chi connectivity index (χ3n) is 16.3. The summed E-state index contributed by atoms with van der Waals surface area (Å²) < 4.78 is 2.38. The van der Waals surface area contributed by atoms with Crippen molar-refractivity contribution >= 4 is 27.2 Å². The van der Waals surface area contributed by atoms with Crippen molar-refractivity contribution in [3.63, 3.8) is 0 Å². The monoisotopic (exact) mass is 935 g/mol. The maximum Gasteiger partial charge on any atom is 0.145 e. The molecule has 3 heteroatoms. The maximum atomic E-state index is 5.71. The Morgan fingerprint density at radius 1 is 0.397 bits per heavy atom. The van der Waals surface area contributed by atoms with Crippen molar-refractivity contribution in [2.75, 3.05) is 0 Å². The predicted molar refractivity (Wildman–Crippen MR) is 305 cm³/mol. The first-order chi connectivity index (χ1) is 35.7. The summed E-state index contributed by atoms with van der Waals surface area (Å²) in [5, 5.41) is 3.46. The van der Waals surface area contributed by atoms with Gasteiger partial charge in [-0.15, -0.1) is 0 Å². The van der Waals surface area contributed by atoms with Crippen LogP contribution >= 0.6 is 0 Å². The van der Waals surface area contributed by atoms with Crippen LogP contribution in [0.2, 0.25) is 0 Å². The Bertz CT molecular complexity index is 4110. The van der Waals surface area contributed by atoms with E-state index >= 15 is 0 Å². The third kappa shape index (κ3) is 6.72. The summed E-state index contributed by atoms with van der Waals surface area (Å²) in [7, 11) is 0. The number of fused-ring (bicyclic) bond motifs is 9. The van der Waals surface area contributed by atoms with Gasteiger partial charge in [-0.2, -0.15) is 0 Å². The van der Waals surface area contributed by atoms with Crippen LogP contribution in [0.15, 0.2) is 224 Å². The zero-order valence-electron chi connectivity index (χ0n) is 41.6. The molecule has 14 rings (SSSR count). The van der Waals surface area contributed by atoms with Gasteiger partial charge in [0.25, 0.3) is 0 Å². The molecular formula is C70H53N3. The zero-order valence-corrected chi connectivity index (χ0v) is 41.6. The summed E-state index contributed by atoms with van der Waals surface area (Å²) in [6.45, 7) is 9.45. The minimum atomic E-state index is -0.139. The van der Waals surface area contributed by atoms with Gasteiger partial charge in [0.15, 0.2) is 0 Å². The quantitative estimate of drug-likeness (QED) is 0.149. The Labute approximate surface area is 427 Å². The summed E-state index contributed by atoms with van der Waals surface area (Å²) in [6, 6.07) is 76.2. The Morgan fingerprint density at radius 2 is 0.945 bits per heavy atom. The molecule has 0 N–H and O–H groups in total. The second-order valence-electron chi connectivity index (χ2n) is 21.2. The molecule has 0 aliphatic heterocycles. The van der Waals surface area contributed by atoms with Gasteiger partial charge in [-0.05, 0) is 121 Å². The average molecular weight is 936 g/mol. The first-order valence-corrected chi connectivity index (χ1v) is 25.8. The van der Waals surface area contributed by atoms with E-state index in [-0.39, 0.29) is 10.8 Å². The molecule has 0 amide bonds. The van der Waals surface area contributed by atoms with Crippen LogP contribution in [-0.2, 0) is 10.8 Å². The van der Waals surface area contributed by atoms with E-state index in [2.05, 4.69) is 257 Å². The van der Waals surface area contributed by atoms with Gasteiger partial charge in [0.2, 0.25) is 0 Å². The van der Waals surface area contributed by atoms with Crippen LogP contribution in [0.4, 0.5) is 0 Å². The van der Waals surface area contributed by atoms with E-state index in [0.717, 1.165) is 91.1 Å². The second-order valence-corrected chi connectivity index (χ2v) is 21.2. The number of rotatable bonds is 7. The van der Waals surface area contributed by atoms with Crippen LogP contribution in [0.3, 0.4) is 0 Å². The molecule has 0 saturated heterocycles. The molecule has 73 heavy (non-hydrogen) atoms. The standard InChI is InChI=1S/C70H53N3/c1-69(2)60-30-18-16-27-52(60)54-38-34-48(40-62(54)69)57-42-59-58(43-64(71-66(59)56-29-15-14-26-51(56)57)49-35-39-55-53-28-17-19-31-61(53)70(3,4)63(55)41-49)44-32-36-50(37-33-44)73-67(46-22-10-6-11-23-46)65(45-20-8-5-9-21-45)72-68(73)47-24-12-7-13-25-47/h5-6,8-12,14-43H,7,13H2,1-4H3. The lowest BCUT2D eigenvalue weighted by atomic mass is 9.81. The van der Waals surface area contributed by atoms with Gasteiger partial charge in [-0.3, -0.25) is 4.57 Å². The number of aromatic nitrogens is 3. The molecule has 3 aliphatic carbocycles. The fourth-order valence-corrected chi connectivity index (χ4v) is 12.5. The number of hydrogen-bond acceptors (Lipinski definition) is 2. The maximum absolute atomic E-state index is 5.71. The molecule has 348 valence electrons. The summed E-state index contributed by atoms with van der Waals surface area (Å²) in [5.74, 6) is 0.941. The van der Waals surface area contributed by atoms with E-state index in [1.54, 1.807) is 0 Å². The third-order valence-corrected chi connectivity index (χ3v) is 16.3. The number of nitrogens with zero attached hydrogens (tertiary/aromatic N) is 3. The largest absolute Gasteiger partial charge is 0.292 e. The number of imidazole rings is 1. The van der Waals surface area contributed by atoms with E-state index in [1.165, 1.54) is 61.0 Å². The number of benzene rings is 9. The van der Waals surface area contributed by atoms with Gasteiger partial charge in [-0.25, -0.2) is 9.97 Å². The minimum Gasteiger partial charge on any atom is -0.292 e. The minimum absolute atomic E-state index is 0.120. The smallest absolute Gasteiger partial charge is 0.145 e. The molecule has 0 spiro atoms. The SMILES string of the molecule is CC1(C)c2ccccc2-c2ccc(-c3cc(-c4ccc(-n5c(C6=CCCC=C6)nc(-c6ccccc6)c5-c5ccccc5)cc4)c4cc(-c5ccc6c(c5)C(C)(C)c5ccccc5-6)c5ccccc5c4n3)cc21. The first kappa shape index (κ1) is 43.2. The average Bonchev–Trinajstić information content (AvgIpc) is 4.04. The van der Waals surface area contributed by atoms with Crippen molar-refractivity contribution in [1.82, 2.24) is 14.5 Å². The molecule has 0 radical (unpaired) electrons. The molecule has 0 saturated carbocycles. The van der Waals surface area contributed by atoms with Gasteiger partial charge in [0.1, 0.15) is 5.82 Å². The van der Waals surface area contributed by atoms with Gasteiger partial charge in [0, 0.05) is 49.6 Å². The first-order valence-electron chi connectivity index (χ1n) is 25.8. The van der Waals surface area contributed by atoms with Crippen LogP contribution in [0.1, 0.15) is 68.6 Å². The molecule has 0 bridgehead atoms. The van der Waals surface area contributed by atoms with Gasteiger partial charge in [-0.1, -0.05) is 216 Å². The highest BCUT2D eigenvalue weighted by Crippen LogP contribution is 2.52. The highest BCUT2D eigenvalue weighted by atomic mass is 15.1. The van der Waals surface area contributed by atoms with E-state index < -0.39 is 0 Å². The predicted octanol–water partition coefficient (Wildman–Crippen LogP) is 18.3. The van der Waals surface area contributed by atoms with Crippen molar-refractivity contribution in [2.45, 2.75) is 51.4 Å². The van der Waals surface area contributed by atoms with Crippen LogP contribution in [0, 0.1) is 0 Å². The van der Waals surface area contributed by atoms with E-state index in [4.69, 9.17) is 9.97 Å². The molecule has 0 unspecified atom stereocenters. The molecule has 9 aromatic carbocycles. The van der Waals surface area contributed by atoms with Gasteiger partial charge >= 0.3 is 0 Å². The summed E-state index contributed by atoms with van der Waals surface area (Å²) in [4.78, 5) is 11.2. The molecule has 2 heterocycles. The van der Waals surface area contributed by atoms with Crippen LogP contribution in [0.25, 0.3) is 111 Å². The van der Waals surface area contributed by atoms with Crippen molar-refractivity contribution in [2.24, 2.45) is 0 Å². The van der Waals surface area contributed by atoms with Crippen LogP contribution in [0.5, 0.6) is 0 Å². The lowest BCUT2D eigenvalue weighted by Gasteiger charge is -2.23. The molecule has 2 aromatic heterocycles. The number of hydrogen-bond donors (Lipinski definition) is 0. The molecule has 3 aliphatic rings. The highest BCUT2D eigenvalue weighted by Gasteiger charge is 2.37. The highest BCUT2D eigenvalue weighted by molar-refractivity contribution is 6.16. The molecular weight excluding hydrogens is 883 g/mol. The Morgan fingerprint density at radius 3 is 1.60 bits per heavy atom.